The van der Waals surface area contributed by atoms with E-state index in [0.29, 0.717) is 17.5 Å². The first-order chi connectivity index (χ1) is 12.7. The number of thioether (sulfide) groups is 1. The van der Waals surface area contributed by atoms with Gasteiger partial charge < -0.3 is 14.6 Å². The summed E-state index contributed by atoms with van der Waals surface area (Å²) in [6.45, 7) is 6.25. The van der Waals surface area contributed by atoms with Gasteiger partial charge in [0.05, 0.1) is 11.8 Å². The Bertz CT molecular complexity index is 883. The summed E-state index contributed by atoms with van der Waals surface area (Å²) in [5.41, 5.74) is 1.91. The van der Waals surface area contributed by atoms with Crippen LogP contribution in [0, 0.1) is 0 Å². The Kier molecular flexibility index (Phi) is 6.55. The van der Waals surface area contributed by atoms with Gasteiger partial charge in [0, 0.05) is 52.9 Å². The lowest BCUT2D eigenvalue weighted by Gasteiger charge is -2.13. The van der Waals surface area contributed by atoms with Crippen LogP contribution in [0.4, 0.5) is 0 Å². The summed E-state index contributed by atoms with van der Waals surface area (Å²) >= 11 is 7.55. The lowest BCUT2D eigenvalue weighted by atomic mass is 10.1. The molecule has 0 saturated heterocycles. The second-order valence-corrected chi connectivity index (χ2v) is 7.21. The van der Waals surface area contributed by atoms with Crippen molar-refractivity contribution in [3.8, 4) is 5.88 Å². The summed E-state index contributed by atoms with van der Waals surface area (Å²) in [6.07, 6.45) is 7.59. The first kappa shape index (κ1) is 18.8. The molecule has 0 unspecified atom stereocenters. The molecule has 2 aromatic heterocycles. The van der Waals surface area contributed by atoms with Crippen LogP contribution in [0.5, 0.6) is 5.88 Å². The van der Waals surface area contributed by atoms with Gasteiger partial charge in [0.25, 0.3) is 0 Å². The third kappa shape index (κ3) is 5.00. The van der Waals surface area contributed by atoms with Gasteiger partial charge >= 0.3 is 0 Å². The van der Waals surface area contributed by atoms with Gasteiger partial charge in [-0.25, -0.2) is 9.97 Å². The van der Waals surface area contributed by atoms with E-state index in [9.17, 15) is 0 Å². The van der Waals surface area contributed by atoms with Crippen molar-refractivity contribution in [3.63, 3.8) is 0 Å². The Morgan fingerprint density at radius 2 is 2.27 bits per heavy atom. The van der Waals surface area contributed by atoms with Gasteiger partial charge in [0.15, 0.2) is 0 Å². The van der Waals surface area contributed by atoms with Crippen LogP contribution in [0.25, 0.3) is 10.9 Å². The molecule has 1 N–H and O–H groups in total. The average molecular weight is 389 g/mol. The summed E-state index contributed by atoms with van der Waals surface area (Å²) in [4.78, 5) is 9.91. The van der Waals surface area contributed by atoms with Gasteiger partial charge in [-0.05, 0) is 24.5 Å². The molecule has 0 aliphatic rings. The monoisotopic (exact) mass is 388 g/mol. The molecule has 0 aliphatic heterocycles. The number of hydrogen-bond donors (Lipinski definition) is 1. The lowest BCUT2D eigenvalue weighted by molar-refractivity contribution is 0.341. The predicted octanol–water partition coefficient (Wildman–Crippen LogP) is 4.07. The van der Waals surface area contributed by atoms with Crippen molar-refractivity contribution >= 4 is 34.3 Å². The Morgan fingerprint density at radius 1 is 1.38 bits per heavy atom. The van der Waals surface area contributed by atoms with Crippen LogP contribution in [0.2, 0.25) is 0 Å². The number of ether oxygens (including phenoxy) is 1. The van der Waals surface area contributed by atoms with E-state index in [-0.39, 0.29) is 6.61 Å². The second kappa shape index (κ2) is 9.07. The van der Waals surface area contributed by atoms with Gasteiger partial charge in [0.1, 0.15) is 6.61 Å². The highest BCUT2D eigenvalue weighted by atomic mass is 35.5. The Hall–Kier alpha value is -2.02. The third-order valence-corrected chi connectivity index (χ3v) is 4.69. The van der Waals surface area contributed by atoms with E-state index in [1.807, 2.05) is 17.1 Å². The summed E-state index contributed by atoms with van der Waals surface area (Å²) < 4.78 is 7.81. The van der Waals surface area contributed by atoms with Crippen LogP contribution in [0.1, 0.15) is 5.56 Å². The maximum Gasteiger partial charge on any atom is 0.218 e. The highest BCUT2D eigenvalue weighted by Crippen LogP contribution is 2.26. The van der Waals surface area contributed by atoms with Crippen LogP contribution in [0.15, 0.2) is 59.5 Å². The minimum Gasteiger partial charge on any atom is -0.472 e. The van der Waals surface area contributed by atoms with E-state index in [0.717, 1.165) is 29.6 Å². The van der Waals surface area contributed by atoms with E-state index in [1.54, 1.807) is 18.0 Å². The van der Waals surface area contributed by atoms with Crippen molar-refractivity contribution in [1.29, 1.82) is 0 Å². The first-order valence-corrected chi connectivity index (χ1v) is 9.86. The molecule has 0 atom stereocenters. The molecule has 3 rings (SSSR count). The van der Waals surface area contributed by atoms with Gasteiger partial charge in [-0.2, -0.15) is 0 Å². The van der Waals surface area contributed by atoms with Crippen LogP contribution < -0.4 is 10.1 Å². The highest BCUT2D eigenvalue weighted by molar-refractivity contribution is 7.98. The average Bonchev–Trinajstić information content (AvgIpc) is 3.16. The number of benzene rings is 1. The van der Waals surface area contributed by atoms with Crippen LogP contribution >= 0.6 is 23.4 Å². The Labute approximate surface area is 162 Å². The molecule has 136 valence electrons. The number of imidazole rings is 1. The molecule has 0 spiro atoms. The minimum atomic E-state index is 0.240. The second-order valence-electron chi connectivity index (χ2n) is 5.79. The van der Waals surface area contributed by atoms with Gasteiger partial charge in [-0.15, -0.1) is 11.8 Å². The number of aromatic nitrogens is 3. The normalized spacial score (nSPS) is 11.0. The van der Waals surface area contributed by atoms with E-state index >= 15 is 0 Å². The van der Waals surface area contributed by atoms with Gasteiger partial charge in [-0.1, -0.05) is 24.2 Å². The van der Waals surface area contributed by atoms with Crippen LogP contribution in [0.3, 0.4) is 0 Å². The molecule has 26 heavy (non-hydrogen) atoms. The molecule has 0 aliphatic carbocycles. The molecule has 3 aromatic rings. The van der Waals surface area contributed by atoms with Gasteiger partial charge in [0.2, 0.25) is 5.88 Å². The number of nitrogens with one attached hydrogen (secondary N) is 1. The molecule has 0 amide bonds. The number of rotatable bonds is 9. The minimum absolute atomic E-state index is 0.240. The fourth-order valence-corrected chi connectivity index (χ4v) is 3.04. The molecular formula is C19H21ClN4OS. The van der Waals surface area contributed by atoms with Crippen LogP contribution in [-0.2, 0) is 13.1 Å². The largest absolute Gasteiger partial charge is 0.472 e. The maximum absolute atomic E-state index is 5.85. The predicted molar refractivity (Wildman–Crippen MR) is 108 cm³/mol. The van der Waals surface area contributed by atoms with E-state index in [2.05, 4.69) is 47.4 Å². The standard InChI is InChI=1S/C19H21ClN4OS/c1-14(20)12-25-19-16(11-21-5-7-24-8-6-22-13-24)9-15-3-4-17(26-2)10-18(15)23-19/h3-4,6,8-10,13,21H,1,5,7,11-12H2,2H3. The van der Waals surface area contributed by atoms with Crippen molar-refractivity contribution in [2.45, 2.75) is 18.0 Å². The summed E-state index contributed by atoms with van der Waals surface area (Å²) in [6, 6.07) is 8.38. The third-order valence-electron chi connectivity index (χ3n) is 3.85. The van der Waals surface area contributed by atoms with Crippen LogP contribution in [-0.4, -0.2) is 33.9 Å². The zero-order valence-electron chi connectivity index (χ0n) is 14.6. The fourth-order valence-electron chi connectivity index (χ4n) is 2.55. The summed E-state index contributed by atoms with van der Waals surface area (Å²) in [5.74, 6) is 0.590. The van der Waals surface area contributed by atoms with Crippen molar-refractivity contribution < 1.29 is 4.74 Å². The molecule has 0 bridgehead atoms. The van der Waals surface area contributed by atoms with Crippen molar-refractivity contribution in [2.75, 3.05) is 19.4 Å². The lowest BCUT2D eigenvalue weighted by Crippen LogP contribution is -2.19. The molecule has 0 radical (unpaired) electrons. The Balaban J connectivity index is 1.76. The SMILES string of the molecule is C=C(Cl)COc1nc2cc(SC)ccc2cc1CNCCn1ccnc1. The van der Waals surface area contributed by atoms with Crippen molar-refractivity contribution in [1.82, 2.24) is 19.9 Å². The molecule has 1 aromatic carbocycles. The first-order valence-electron chi connectivity index (χ1n) is 8.26. The van der Waals surface area contributed by atoms with Crippen molar-refractivity contribution in [2.24, 2.45) is 0 Å². The number of fused-ring (bicyclic) bond motifs is 1. The van der Waals surface area contributed by atoms with Crippen molar-refractivity contribution in [3.05, 3.63) is 60.2 Å². The van der Waals surface area contributed by atoms with E-state index < -0.39 is 0 Å². The van der Waals surface area contributed by atoms with Gasteiger partial charge in [-0.3, -0.25) is 0 Å². The number of hydrogen-bond acceptors (Lipinski definition) is 5. The molecule has 2 heterocycles. The molecule has 0 fully saturated rings. The van der Waals surface area contributed by atoms with E-state index in [4.69, 9.17) is 21.3 Å². The molecule has 7 heteroatoms. The summed E-state index contributed by atoms with van der Waals surface area (Å²) in [7, 11) is 0. The summed E-state index contributed by atoms with van der Waals surface area (Å²) in [5, 5.41) is 4.96. The maximum atomic E-state index is 5.85. The fraction of sp³-hybridized carbons (Fsp3) is 0.263. The smallest absolute Gasteiger partial charge is 0.218 e. The number of nitrogens with zero attached hydrogens (tertiary/aromatic N) is 3. The Morgan fingerprint density at radius 3 is 3.00 bits per heavy atom. The quantitative estimate of drug-likeness (QED) is 0.442. The number of pyridine rings is 1. The van der Waals surface area contributed by atoms with E-state index in [1.165, 1.54) is 4.90 Å². The highest BCUT2D eigenvalue weighted by Gasteiger charge is 2.09. The number of halogens is 1. The zero-order chi connectivity index (χ0) is 18.4. The zero-order valence-corrected chi connectivity index (χ0v) is 16.2. The topological polar surface area (TPSA) is 52.0 Å². The molecule has 5 nitrogen and oxygen atoms in total. The molecule has 0 saturated carbocycles. The molecular weight excluding hydrogens is 368 g/mol.